The number of carbonyl (C=O) groups is 3. The molecule has 0 spiro atoms. The van der Waals surface area contributed by atoms with Gasteiger partial charge in [0.25, 0.3) is 15.9 Å². The van der Waals surface area contributed by atoms with Gasteiger partial charge in [0, 0.05) is 19.0 Å². The Morgan fingerprint density at radius 1 is 1.12 bits per heavy atom. The molecule has 2 aromatic carbocycles. The van der Waals surface area contributed by atoms with Gasteiger partial charge in [-0.05, 0) is 55.7 Å². The maximum Gasteiger partial charge on any atom is 0.326 e. The maximum atomic E-state index is 13.0. The van der Waals surface area contributed by atoms with Crippen LogP contribution in [0.3, 0.4) is 0 Å². The zero-order valence-corrected chi connectivity index (χ0v) is 19.0. The fourth-order valence-corrected chi connectivity index (χ4v) is 4.33. The molecule has 2 amide bonds. The summed E-state index contributed by atoms with van der Waals surface area (Å²) in [7, 11) is -2.37. The van der Waals surface area contributed by atoms with E-state index < -0.39 is 33.8 Å². The van der Waals surface area contributed by atoms with Crippen molar-refractivity contribution in [3.8, 4) is 0 Å². The monoisotopic (exact) mass is 461 g/mol. The first-order chi connectivity index (χ1) is 15.0. The van der Waals surface area contributed by atoms with E-state index in [4.69, 9.17) is 5.73 Å². The molecule has 0 aliphatic rings. The summed E-state index contributed by atoms with van der Waals surface area (Å²) in [5.41, 5.74) is 7.17. The van der Waals surface area contributed by atoms with Gasteiger partial charge in [-0.15, -0.1) is 0 Å². The predicted octanol–water partition coefficient (Wildman–Crippen LogP) is 1.83. The Kier molecular flexibility index (Phi) is 7.98. The van der Waals surface area contributed by atoms with Crippen LogP contribution in [0, 0.1) is 6.92 Å². The molecule has 0 unspecified atom stereocenters. The lowest BCUT2D eigenvalue weighted by Gasteiger charge is -2.23. The average Bonchev–Trinajstić information content (AvgIpc) is 2.75. The SMILES string of the molecule is CCc1cc(C(=O)N[C@@H](CCC(N)=O)C(=O)O)ccc1N(C)S(=O)(=O)c1ccc(C)cc1. The van der Waals surface area contributed by atoms with E-state index in [-0.39, 0.29) is 23.3 Å². The number of rotatable bonds is 10. The third kappa shape index (κ3) is 5.85. The maximum absolute atomic E-state index is 13.0. The molecule has 0 saturated carbocycles. The van der Waals surface area contributed by atoms with Gasteiger partial charge in [0.1, 0.15) is 6.04 Å². The van der Waals surface area contributed by atoms with Crippen molar-refractivity contribution in [2.24, 2.45) is 5.73 Å². The Bertz CT molecular complexity index is 1110. The summed E-state index contributed by atoms with van der Waals surface area (Å²) < 4.78 is 27.2. The molecule has 0 fully saturated rings. The first-order valence-electron chi connectivity index (χ1n) is 9.97. The largest absolute Gasteiger partial charge is 0.480 e. The number of carboxylic acids is 1. The molecule has 4 N–H and O–H groups in total. The van der Waals surface area contributed by atoms with E-state index in [9.17, 15) is 27.9 Å². The van der Waals surface area contributed by atoms with Gasteiger partial charge in [0.15, 0.2) is 0 Å². The molecule has 32 heavy (non-hydrogen) atoms. The minimum Gasteiger partial charge on any atom is -0.480 e. The third-order valence-corrected chi connectivity index (χ3v) is 6.81. The van der Waals surface area contributed by atoms with Crippen molar-refractivity contribution in [2.45, 2.75) is 44.0 Å². The summed E-state index contributed by atoms with van der Waals surface area (Å²) in [4.78, 5) is 35.0. The van der Waals surface area contributed by atoms with E-state index in [0.29, 0.717) is 17.7 Å². The molecule has 0 aromatic heterocycles. The van der Waals surface area contributed by atoms with Crippen molar-refractivity contribution in [1.29, 1.82) is 0 Å². The molecule has 0 aliphatic carbocycles. The molecule has 0 bridgehead atoms. The van der Waals surface area contributed by atoms with Crippen LogP contribution >= 0.6 is 0 Å². The Morgan fingerprint density at radius 2 is 1.75 bits per heavy atom. The van der Waals surface area contributed by atoms with Crippen LogP contribution in [0.15, 0.2) is 47.4 Å². The Hall–Kier alpha value is -3.40. The van der Waals surface area contributed by atoms with Crippen LogP contribution in [-0.2, 0) is 26.0 Å². The highest BCUT2D eigenvalue weighted by Gasteiger charge is 2.25. The van der Waals surface area contributed by atoms with Crippen molar-refractivity contribution in [3.63, 3.8) is 0 Å². The molecular weight excluding hydrogens is 434 g/mol. The van der Waals surface area contributed by atoms with E-state index in [1.807, 2.05) is 13.8 Å². The molecule has 10 heteroatoms. The molecular formula is C22H27N3O6S. The van der Waals surface area contributed by atoms with E-state index >= 15 is 0 Å². The number of nitrogens with two attached hydrogens (primary N) is 1. The fraction of sp³-hybridized carbons (Fsp3) is 0.318. The summed E-state index contributed by atoms with van der Waals surface area (Å²) in [6.45, 7) is 3.68. The fourth-order valence-electron chi connectivity index (χ4n) is 3.10. The van der Waals surface area contributed by atoms with Crippen LogP contribution in [0.5, 0.6) is 0 Å². The highest BCUT2D eigenvalue weighted by molar-refractivity contribution is 7.92. The number of carbonyl (C=O) groups excluding carboxylic acids is 2. The quantitative estimate of drug-likeness (QED) is 0.492. The zero-order chi connectivity index (χ0) is 24.1. The summed E-state index contributed by atoms with van der Waals surface area (Å²) in [5, 5.41) is 11.6. The van der Waals surface area contributed by atoms with Crippen LogP contribution in [0.25, 0.3) is 0 Å². The summed E-state index contributed by atoms with van der Waals surface area (Å²) in [6.07, 6.45) is 0.124. The number of sulfonamides is 1. The lowest BCUT2D eigenvalue weighted by atomic mass is 10.0. The summed E-state index contributed by atoms with van der Waals surface area (Å²) in [5.74, 6) is -2.59. The third-order valence-electron chi connectivity index (χ3n) is 5.02. The minimum absolute atomic E-state index is 0.132. The van der Waals surface area contributed by atoms with Crippen LogP contribution in [0.2, 0.25) is 0 Å². The highest BCUT2D eigenvalue weighted by atomic mass is 32.2. The van der Waals surface area contributed by atoms with Crippen LogP contribution in [0.1, 0.15) is 41.3 Å². The lowest BCUT2D eigenvalue weighted by molar-refractivity contribution is -0.139. The first-order valence-corrected chi connectivity index (χ1v) is 11.4. The Labute approximate surface area is 187 Å². The number of amides is 2. The van der Waals surface area contributed by atoms with E-state index in [0.717, 1.165) is 9.87 Å². The number of carboxylic acid groups (broad SMARTS) is 1. The van der Waals surface area contributed by atoms with Gasteiger partial charge in [-0.1, -0.05) is 24.6 Å². The molecule has 1 atom stereocenters. The molecule has 9 nitrogen and oxygen atoms in total. The number of aryl methyl sites for hydroxylation is 2. The number of nitrogens with zero attached hydrogens (tertiary/aromatic N) is 1. The van der Waals surface area contributed by atoms with Crippen molar-refractivity contribution in [2.75, 3.05) is 11.4 Å². The smallest absolute Gasteiger partial charge is 0.326 e. The number of anilines is 1. The molecule has 0 saturated heterocycles. The van der Waals surface area contributed by atoms with E-state index in [2.05, 4.69) is 5.32 Å². The zero-order valence-electron chi connectivity index (χ0n) is 18.2. The Balaban J connectivity index is 2.30. The second-order valence-electron chi connectivity index (χ2n) is 7.35. The Morgan fingerprint density at radius 3 is 2.28 bits per heavy atom. The first kappa shape index (κ1) is 24.9. The lowest BCUT2D eigenvalue weighted by Crippen LogP contribution is -2.41. The van der Waals surface area contributed by atoms with Gasteiger partial charge in [-0.2, -0.15) is 0 Å². The van der Waals surface area contributed by atoms with E-state index in [1.54, 1.807) is 12.1 Å². The molecule has 0 heterocycles. The average molecular weight is 462 g/mol. The topological polar surface area (TPSA) is 147 Å². The van der Waals surface area contributed by atoms with Crippen molar-refractivity contribution in [3.05, 3.63) is 59.2 Å². The van der Waals surface area contributed by atoms with Gasteiger partial charge >= 0.3 is 5.97 Å². The van der Waals surface area contributed by atoms with Gasteiger partial charge in [-0.3, -0.25) is 13.9 Å². The molecule has 2 rings (SSSR count). The van der Waals surface area contributed by atoms with Gasteiger partial charge in [-0.25, -0.2) is 13.2 Å². The predicted molar refractivity (Wildman–Crippen MR) is 120 cm³/mol. The molecule has 172 valence electrons. The number of hydrogen-bond acceptors (Lipinski definition) is 5. The minimum atomic E-state index is -3.81. The van der Waals surface area contributed by atoms with Gasteiger partial charge in [0.05, 0.1) is 10.6 Å². The molecule has 0 aliphatic heterocycles. The number of benzene rings is 2. The standard InChI is InChI=1S/C22H27N3O6S/c1-4-15-13-16(21(27)24-18(22(28)29)10-12-20(23)26)7-11-19(15)25(3)32(30,31)17-8-5-14(2)6-9-17/h5-9,11,13,18H,4,10,12H2,1-3H3,(H2,23,26)(H,24,27)(H,28,29)/t18-/m0/s1. The summed E-state index contributed by atoms with van der Waals surface area (Å²) in [6, 6.07) is 9.69. The van der Waals surface area contributed by atoms with Crippen LogP contribution in [-0.4, -0.2) is 44.4 Å². The van der Waals surface area contributed by atoms with E-state index in [1.165, 1.54) is 37.4 Å². The number of hydrogen-bond donors (Lipinski definition) is 3. The second kappa shape index (κ2) is 10.3. The summed E-state index contributed by atoms with van der Waals surface area (Å²) >= 11 is 0. The molecule has 0 radical (unpaired) electrons. The second-order valence-corrected chi connectivity index (χ2v) is 9.32. The van der Waals surface area contributed by atoms with Crippen molar-refractivity contribution < 1.29 is 27.9 Å². The number of primary amides is 1. The van der Waals surface area contributed by atoms with Crippen LogP contribution < -0.4 is 15.4 Å². The van der Waals surface area contributed by atoms with Crippen molar-refractivity contribution in [1.82, 2.24) is 5.32 Å². The number of nitrogens with one attached hydrogen (secondary N) is 1. The number of aliphatic carboxylic acids is 1. The highest BCUT2D eigenvalue weighted by Crippen LogP contribution is 2.27. The van der Waals surface area contributed by atoms with Gasteiger partial charge < -0.3 is 16.2 Å². The molecule has 2 aromatic rings. The normalized spacial score (nSPS) is 12.1. The van der Waals surface area contributed by atoms with Crippen LogP contribution in [0.4, 0.5) is 5.69 Å². The van der Waals surface area contributed by atoms with Gasteiger partial charge in [0.2, 0.25) is 5.91 Å². The van der Waals surface area contributed by atoms with Crippen molar-refractivity contribution >= 4 is 33.5 Å².